The van der Waals surface area contributed by atoms with Gasteiger partial charge in [0.1, 0.15) is 11.5 Å². The summed E-state index contributed by atoms with van der Waals surface area (Å²) in [5, 5.41) is 20.3. The van der Waals surface area contributed by atoms with Crippen molar-refractivity contribution in [3.63, 3.8) is 0 Å². The zero-order chi connectivity index (χ0) is 13.8. The van der Waals surface area contributed by atoms with E-state index in [9.17, 15) is 10.2 Å². The molecule has 0 bridgehead atoms. The predicted octanol–water partition coefficient (Wildman–Crippen LogP) is 3.95. The molecule has 0 heterocycles. The van der Waals surface area contributed by atoms with E-state index in [0.717, 1.165) is 5.56 Å². The van der Waals surface area contributed by atoms with Gasteiger partial charge in [0.25, 0.3) is 0 Å². The zero-order valence-electron chi connectivity index (χ0n) is 10.6. The van der Waals surface area contributed by atoms with Crippen molar-refractivity contribution in [1.82, 2.24) is 0 Å². The van der Waals surface area contributed by atoms with Crippen LogP contribution in [0.25, 0.3) is 11.1 Å². The van der Waals surface area contributed by atoms with Crippen molar-refractivity contribution >= 4 is 11.6 Å². The SMILES string of the molecule is CCOCc1ccc(O)c(-c2c(O)cccc2Cl)c1. The van der Waals surface area contributed by atoms with E-state index in [1.54, 1.807) is 30.3 Å². The van der Waals surface area contributed by atoms with Crippen molar-refractivity contribution in [3.8, 4) is 22.6 Å². The summed E-state index contributed by atoms with van der Waals surface area (Å²) in [5.74, 6) is 0.111. The van der Waals surface area contributed by atoms with Gasteiger partial charge in [-0.3, -0.25) is 0 Å². The summed E-state index contributed by atoms with van der Waals surface area (Å²) in [6, 6.07) is 9.99. The minimum absolute atomic E-state index is 0.0383. The van der Waals surface area contributed by atoms with Crippen LogP contribution in [0.1, 0.15) is 12.5 Å². The van der Waals surface area contributed by atoms with Crippen molar-refractivity contribution in [2.75, 3.05) is 6.61 Å². The van der Waals surface area contributed by atoms with Gasteiger partial charge in [-0.2, -0.15) is 0 Å². The van der Waals surface area contributed by atoms with E-state index in [2.05, 4.69) is 0 Å². The number of hydrogen-bond acceptors (Lipinski definition) is 3. The van der Waals surface area contributed by atoms with Crippen LogP contribution in [0.4, 0.5) is 0 Å². The van der Waals surface area contributed by atoms with Crippen LogP contribution in [-0.4, -0.2) is 16.8 Å². The van der Waals surface area contributed by atoms with Crippen molar-refractivity contribution in [2.24, 2.45) is 0 Å². The molecule has 0 saturated heterocycles. The molecule has 0 atom stereocenters. The lowest BCUT2D eigenvalue weighted by Gasteiger charge is -2.11. The molecule has 0 fully saturated rings. The van der Waals surface area contributed by atoms with E-state index >= 15 is 0 Å². The zero-order valence-corrected chi connectivity index (χ0v) is 11.3. The molecule has 0 radical (unpaired) electrons. The number of phenolic OH excluding ortho intramolecular Hbond substituents is 2. The van der Waals surface area contributed by atoms with Crippen LogP contribution in [-0.2, 0) is 11.3 Å². The van der Waals surface area contributed by atoms with Gasteiger partial charge < -0.3 is 14.9 Å². The molecule has 2 aromatic carbocycles. The Bertz CT molecular complexity index is 561. The van der Waals surface area contributed by atoms with E-state index in [1.807, 2.05) is 6.92 Å². The Morgan fingerprint density at radius 3 is 2.58 bits per heavy atom. The normalized spacial score (nSPS) is 10.6. The van der Waals surface area contributed by atoms with E-state index < -0.39 is 0 Å². The van der Waals surface area contributed by atoms with Gasteiger partial charge in [0.15, 0.2) is 0 Å². The Labute approximate surface area is 117 Å². The van der Waals surface area contributed by atoms with Crippen molar-refractivity contribution in [1.29, 1.82) is 0 Å². The number of benzene rings is 2. The highest BCUT2D eigenvalue weighted by atomic mass is 35.5. The number of ether oxygens (including phenoxy) is 1. The maximum absolute atomic E-state index is 9.95. The standard InChI is InChI=1S/C15H15ClO3/c1-2-19-9-10-6-7-13(17)11(8-10)15-12(16)4-3-5-14(15)18/h3-8,17-18H,2,9H2,1H3. The second kappa shape index (κ2) is 5.95. The number of rotatable bonds is 4. The summed E-state index contributed by atoms with van der Waals surface area (Å²) in [5.41, 5.74) is 1.84. The molecule has 0 aromatic heterocycles. The van der Waals surface area contributed by atoms with Crippen LogP contribution in [0.5, 0.6) is 11.5 Å². The number of aromatic hydroxyl groups is 2. The lowest BCUT2D eigenvalue weighted by Crippen LogP contribution is -1.92. The summed E-state index contributed by atoms with van der Waals surface area (Å²) in [7, 11) is 0. The van der Waals surface area contributed by atoms with Gasteiger partial charge in [-0.1, -0.05) is 23.7 Å². The van der Waals surface area contributed by atoms with Gasteiger partial charge in [-0.05, 0) is 36.8 Å². The van der Waals surface area contributed by atoms with Crippen LogP contribution < -0.4 is 0 Å². The fourth-order valence-corrected chi connectivity index (χ4v) is 2.14. The van der Waals surface area contributed by atoms with Crippen molar-refractivity contribution < 1.29 is 14.9 Å². The van der Waals surface area contributed by atoms with Crippen molar-refractivity contribution in [2.45, 2.75) is 13.5 Å². The Morgan fingerprint density at radius 2 is 1.89 bits per heavy atom. The number of hydrogen-bond donors (Lipinski definition) is 2. The van der Waals surface area contributed by atoms with Gasteiger partial charge in [0.05, 0.1) is 11.6 Å². The minimum Gasteiger partial charge on any atom is -0.507 e. The van der Waals surface area contributed by atoms with E-state index in [1.165, 1.54) is 6.07 Å². The summed E-state index contributed by atoms with van der Waals surface area (Å²) in [4.78, 5) is 0. The van der Waals surface area contributed by atoms with Gasteiger partial charge in [0.2, 0.25) is 0 Å². The maximum Gasteiger partial charge on any atom is 0.125 e. The van der Waals surface area contributed by atoms with E-state index in [4.69, 9.17) is 16.3 Å². The Hall–Kier alpha value is -1.71. The molecule has 2 aromatic rings. The molecule has 0 saturated carbocycles. The molecule has 0 aliphatic carbocycles. The molecular formula is C15H15ClO3. The van der Waals surface area contributed by atoms with Crippen LogP contribution in [0.2, 0.25) is 5.02 Å². The van der Waals surface area contributed by atoms with Crippen LogP contribution in [0.15, 0.2) is 36.4 Å². The second-order valence-electron chi connectivity index (χ2n) is 4.12. The van der Waals surface area contributed by atoms with Gasteiger partial charge >= 0.3 is 0 Å². The summed E-state index contributed by atoms with van der Waals surface area (Å²) in [6.07, 6.45) is 0. The maximum atomic E-state index is 9.95. The quantitative estimate of drug-likeness (QED) is 0.890. The topological polar surface area (TPSA) is 49.7 Å². The highest BCUT2D eigenvalue weighted by molar-refractivity contribution is 6.33. The average Bonchev–Trinajstić information content (AvgIpc) is 2.39. The highest BCUT2D eigenvalue weighted by Gasteiger charge is 2.13. The third kappa shape index (κ3) is 3.00. The summed E-state index contributed by atoms with van der Waals surface area (Å²) >= 11 is 6.09. The molecule has 0 spiro atoms. The molecule has 0 aliphatic rings. The van der Waals surface area contributed by atoms with Crippen LogP contribution in [0.3, 0.4) is 0 Å². The molecule has 19 heavy (non-hydrogen) atoms. The molecular weight excluding hydrogens is 264 g/mol. The molecule has 3 nitrogen and oxygen atoms in total. The number of halogens is 1. The lowest BCUT2D eigenvalue weighted by atomic mass is 10.0. The van der Waals surface area contributed by atoms with E-state index in [-0.39, 0.29) is 11.5 Å². The Balaban J connectivity index is 2.49. The molecule has 0 aliphatic heterocycles. The minimum atomic E-state index is 0.0383. The Kier molecular flexibility index (Phi) is 4.30. The molecule has 2 rings (SSSR count). The predicted molar refractivity (Wildman–Crippen MR) is 75.5 cm³/mol. The van der Waals surface area contributed by atoms with Crippen LogP contribution in [0, 0.1) is 0 Å². The first-order valence-corrected chi connectivity index (χ1v) is 6.38. The monoisotopic (exact) mass is 278 g/mol. The van der Waals surface area contributed by atoms with E-state index in [0.29, 0.717) is 29.4 Å². The van der Waals surface area contributed by atoms with Gasteiger partial charge in [-0.15, -0.1) is 0 Å². The number of phenols is 2. The summed E-state index contributed by atoms with van der Waals surface area (Å²) < 4.78 is 5.33. The van der Waals surface area contributed by atoms with Gasteiger partial charge in [-0.25, -0.2) is 0 Å². The van der Waals surface area contributed by atoms with Crippen molar-refractivity contribution in [3.05, 3.63) is 47.0 Å². The first-order valence-electron chi connectivity index (χ1n) is 6.01. The fourth-order valence-electron chi connectivity index (χ4n) is 1.87. The third-order valence-corrected chi connectivity index (χ3v) is 3.11. The molecule has 2 N–H and O–H groups in total. The summed E-state index contributed by atoms with van der Waals surface area (Å²) in [6.45, 7) is 2.99. The smallest absolute Gasteiger partial charge is 0.125 e. The molecule has 0 amide bonds. The lowest BCUT2D eigenvalue weighted by molar-refractivity contribution is 0.134. The largest absolute Gasteiger partial charge is 0.507 e. The average molecular weight is 279 g/mol. The van der Waals surface area contributed by atoms with Crippen LogP contribution >= 0.6 is 11.6 Å². The second-order valence-corrected chi connectivity index (χ2v) is 4.53. The Morgan fingerprint density at radius 1 is 1.11 bits per heavy atom. The highest BCUT2D eigenvalue weighted by Crippen LogP contribution is 2.40. The third-order valence-electron chi connectivity index (χ3n) is 2.79. The fraction of sp³-hybridized carbons (Fsp3) is 0.200. The molecule has 0 unspecified atom stereocenters. The molecule has 100 valence electrons. The van der Waals surface area contributed by atoms with Gasteiger partial charge in [0, 0.05) is 17.7 Å². The molecule has 4 heteroatoms. The first-order chi connectivity index (χ1) is 9.13. The first kappa shape index (κ1) is 13.7.